The summed E-state index contributed by atoms with van der Waals surface area (Å²) < 4.78 is 11.1. The van der Waals surface area contributed by atoms with Gasteiger partial charge in [-0.15, -0.1) is 0 Å². The normalized spacial score (nSPS) is 10.1. The van der Waals surface area contributed by atoms with Crippen LogP contribution in [0.15, 0.2) is 53.0 Å². The first-order valence-electron chi connectivity index (χ1n) is 8.70. The van der Waals surface area contributed by atoms with Gasteiger partial charge in [-0.25, -0.2) is 0 Å². The molecule has 0 spiro atoms. The van der Waals surface area contributed by atoms with Crippen molar-refractivity contribution in [1.29, 1.82) is 0 Å². The number of esters is 1. The quantitative estimate of drug-likeness (QED) is 0.569. The smallest absolute Gasteiger partial charge is 0.306 e. The number of hydrogen-bond donors (Lipinski definition) is 2. The van der Waals surface area contributed by atoms with Gasteiger partial charge in [0, 0.05) is 22.3 Å². The first-order valence-corrected chi connectivity index (χ1v) is 9.49. The summed E-state index contributed by atoms with van der Waals surface area (Å²) in [7, 11) is 0. The zero-order chi connectivity index (χ0) is 20.4. The number of halogens is 1. The predicted octanol–water partition coefficient (Wildman–Crippen LogP) is 3.75. The lowest BCUT2D eigenvalue weighted by molar-refractivity contribution is -0.147. The maximum atomic E-state index is 11.8. The van der Waals surface area contributed by atoms with E-state index in [0.717, 1.165) is 4.47 Å². The number of ether oxygens (including phenoxy) is 2. The molecule has 0 saturated heterocycles. The molecule has 0 radical (unpaired) electrons. The van der Waals surface area contributed by atoms with Gasteiger partial charge in [0.2, 0.25) is 5.91 Å². The van der Waals surface area contributed by atoms with Crippen molar-refractivity contribution < 1.29 is 23.9 Å². The topological polar surface area (TPSA) is 93.7 Å². The van der Waals surface area contributed by atoms with Gasteiger partial charge >= 0.3 is 5.97 Å². The number of carbonyl (C=O) groups excluding carboxylic acids is 3. The predicted molar refractivity (Wildman–Crippen MR) is 109 cm³/mol. The van der Waals surface area contributed by atoms with E-state index in [1.807, 2.05) is 6.92 Å². The van der Waals surface area contributed by atoms with E-state index >= 15 is 0 Å². The van der Waals surface area contributed by atoms with Gasteiger partial charge in [0.15, 0.2) is 6.61 Å². The molecule has 2 rings (SSSR count). The molecule has 148 valence electrons. The van der Waals surface area contributed by atoms with Gasteiger partial charge in [-0.2, -0.15) is 0 Å². The molecule has 2 aromatic rings. The molecule has 0 atom stereocenters. The van der Waals surface area contributed by atoms with Gasteiger partial charge in [-0.1, -0.05) is 15.9 Å². The highest BCUT2D eigenvalue weighted by atomic mass is 79.9. The fourth-order valence-electron chi connectivity index (χ4n) is 2.19. The van der Waals surface area contributed by atoms with E-state index < -0.39 is 18.5 Å². The molecular weight excluding hydrogens is 428 g/mol. The Morgan fingerprint density at radius 1 is 0.857 bits per heavy atom. The highest BCUT2D eigenvalue weighted by Crippen LogP contribution is 2.16. The maximum Gasteiger partial charge on any atom is 0.306 e. The lowest BCUT2D eigenvalue weighted by atomic mass is 10.2. The number of nitrogens with one attached hydrogen (secondary N) is 2. The largest absolute Gasteiger partial charge is 0.494 e. The Bertz CT molecular complexity index is 806. The molecule has 2 N–H and O–H groups in total. The van der Waals surface area contributed by atoms with Crippen LogP contribution in [-0.2, 0) is 19.1 Å². The van der Waals surface area contributed by atoms with Gasteiger partial charge in [-0.05, 0) is 55.5 Å². The summed E-state index contributed by atoms with van der Waals surface area (Å²) in [5.41, 5.74) is 1.20. The van der Waals surface area contributed by atoms with E-state index in [-0.39, 0.29) is 18.7 Å². The standard InChI is InChI=1S/C20H21BrN2O5/c1-2-27-17-9-7-16(8-10-17)23-19(25)13-28-20(26)12-11-18(24)22-15-5-3-14(21)4-6-15/h3-10H,2,11-13H2,1H3,(H,22,24)(H,23,25). The Morgan fingerprint density at radius 3 is 2.04 bits per heavy atom. The van der Waals surface area contributed by atoms with Crippen molar-refractivity contribution in [2.45, 2.75) is 19.8 Å². The molecular formula is C20H21BrN2O5. The third-order valence-electron chi connectivity index (χ3n) is 3.50. The SMILES string of the molecule is CCOc1ccc(NC(=O)COC(=O)CCC(=O)Nc2ccc(Br)cc2)cc1. The Kier molecular flexibility index (Phi) is 8.48. The molecule has 0 unspecified atom stereocenters. The van der Waals surface area contributed by atoms with Crippen molar-refractivity contribution in [3.05, 3.63) is 53.0 Å². The number of amides is 2. The number of hydrogen-bond acceptors (Lipinski definition) is 5. The Morgan fingerprint density at radius 2 is 1.43 bits per heavy atom. The van der Waals surface area contributed by atoms with Crippen molar-refractivity contribution in [2.75, 3.05) is 23.8 Å². The van der Waals surface area contributed by atoms with Crippen LogP contribution in [0.3, 0.4) is 0 Å². The third-order valence-corrected chi connectivity index (χ3v) is 4.03. The van der Waals surface area contributed by atoms with Crippen molar-refractivity contribution >= 4 is 45.1 Å². The molecule has 0 heterocycles. The molecule has 0 aliphatic carbocycles. The first kappa shape index (κ1) is 21.4. The van der Waals surface area contributed by atoms with Crippen molar-refractivity contribution in [3.63, 3.8) is 0 Å². The Labute approximate surface area is 171 Å². The molecule has 28 heavy (non-hydrogen) atoms. The monoisotopic (exact) mass is 448 g/mol. The molecule has 0 aliphatic heterocycles. The molecule has 0 aliphatic rings. The van der Waals surface area contributed by atoms with E-state index in [0.29, 0.717) is 23.7 Å². The zero-order valence-electron chi connectivity index (χ0n) is 15.4. The summed E-state index contributed by atoms with van der Waals surface area (Å²) in [6, 6.07) is 13.9. The Hall–Kier alpha value is -2.87. The van der Waals surface area contributed by atoms with Gasteiger partial charge in [0.1, 0.15) is 5.75 Å². The lowest BCUT2D eigenvalue weighted by Crippen LogP contribution is -2.21. The molecule has 0 bridgehead atoms. The molecule has 7 nitrogen and oxygen atoms in total. The molecule has 2 aromatic carbocycles. The highest BCUT2D eigenvalue weighted by Gasteiger charge is 2.11. The number of benzene rings is 2. The van der Waals surface area contributed by atoms with Crippen LogP contribution < -0.4 is 15.4 Å². The second-order valence-corrected chi connectivity index (χ2v) is 6.64. The minimum absolute atomic E-state index is 0.0323. The number of rotatable bonds is 9. The summed E-state index contributed by atoms with van der Waals surface area (Å²) >= 11 is 3.31. The van der Waals surface area contributed by atoms with Gasteiger partial charge in [0.25, 0.3) is 5.91 Å². The van der Waals surface area contributed by atoms with Crippen LogP contribution in [0.5, 0.6) is 5.75 Å². The lowest BCUT2D eigenvalue weighted by Gasteiger charge is -2.08. The fourth-order valence-corrected chi connectivity index (χ4v) is 2.45. The second-order valence-electron chi connectivity index (χ2n) is 5.72. The minimum atomic E-state index is -0.618. The van der Waals surface area contributed by atoms with Crippen LogP contribution in [-0.4, -0.2) is 31.0 Å². The molecule has 8 heteroatoms. The molecule has 2 amide bonds. The van der Waals surface area contributed by atoms with Crippen LogP contribution >= 0.6 is 15.9 Å². The van der Waals surface area contributed by atoms with E-state index in [2.05, 4.69) is 26.6 Å². The summed E-state index contributed by atoms with van der Waals surface area (Å²) in [5.74, 6) is -0.684. The van der Waals surface area contributed by atoms with E-state index in [1.54, 1.807) is 48.5 Å². The molecule has 0 aromatic heterocycles. The second kappa shape index (κ2) is 11.1. The van der Waals surface area contributed by atoms with E-state index in [1.165, 1.54) is 0 Å². The van der Waals surface area contributed by atoms with Gasteiger partial charge < -0.3 is 20.1 Å². The van der Waals surface area contributed by atoms with Crippen molar-refractivity contribution in [2.24, 2.45) is 0 Å². The van der Waals surface area contributed by atoms with Crippen LogP contribution in [0.1, 0.15) is 19.8 Å². The highest BCUT2D eigenvalue weighted by molar-refractivity contribution is 9.10. The first-order chi connectivity index (χ1) is 13.5. The summed E-state index contributed by atoms with van der Waals surface area (Å²) in [6.07, 6.45) is -0.145. The van der Waals surface area contributed by atoms with Crippen molar-refractivity contribution in [1.82, 2.24) is 0 Å². The Balaban J connectivity index is 1.66. The average molecular weight is 449 g/mol. The summed E-state index contributed by atoms with van der Waals surface area (Å²) in [5, 5.41) is 5.29. The zero-order valence-corrected chi connectivity index (χ0v) is 17.0. The molecule has 0 fully saturated rings. The van der Waals surface area contributed by atoms with Crippen molar-refractivity contribution in [3.8, 4) is 5.75 Å². The van der Waals surface area contributed by atoms with Crippen LogP contribution in [0.2, 0.25) is 0 Å². The van der Waals surface area contributed by atoms with E-state index in [4.69, 9.17) is 9.47 Å². The number of carbonyl (C=O) groups is 3. The minimum Gasteiger partial charge on any atom is -0.494 e. The maximum absolute atomic E-state index is 11.8. The van der Waals surface area contributed by atoms with Crippen LogP contribution in [0, 0.1) is 0 Å². The van der Waals surface area contributed by atoms with Crippen LogP contribution in [0.25, 0.3) is 0 Å². The van der Waals surface area contributed by atoms with E-state index in [9.17, 15) is 14.4 Å². The van der Waals surface area contributed by atoms with Gasteiger partial charge in [0.05, 0.1) is 13.0 Å². The van der Waals surface area contributed by atoms with Gasteiger partial charge in [-0.3, -0.25) is 14.4 Å². The third kappa shape index (κ3) is 7.79. The summed E-state index contributed by atoms with van der Waals surface area (Å²) in [6.45, 7) is 2.03. The van der Waals surface area contributed by atoms with Crippen LogP contribution in [0.4, 0.5) is 11.4 Å². The summed E-state index contributed by atoms with van der Waals surface area (Å²) in [4.78, 5) is 35.4. The fraction of sp³-hybridized carbons (Fsp3) is 0.250. The molecule has 0 saturated carbocycles. The number of anilines is 2. The average Bonchev–Trinajstić information content (AvgIpc) is 2.68.